The van der Waals surface area contributed by atoms with E-state index in [4.69, 9.17) is 45.3 Å². The minimum Gasteiger partial charge on any atom is -0.473 e. The summed E-state index contributed by atoms with van der Waals surface area (Å²) in [6.07, 6.45) is -7.04. The molecule has 5 atom stereocenters. The molecule has 0 amide bonds. The Morgan fingerprint density at radius 3 is 1.67 bits per heavy atom. The third-order valence-corrected chi connectivity index (χ3v) is 2.05. The topological polar surface area (TPSA) is 185 Å². The van der Waals surface area contributed by atoms with Crippen LogP contribution in [0.1, 0.15) is 0 Å². The minimum absolute atomic E-state index is 0.526. The monoisotopic (exact) mass is 270 g/mol. The molecule has 18 heavy (non-hydrogen) atoms. The van der Waals surface area contributed by atoms with E-state index in [0.29, 0.717) is 0 Å². The van der Waals surface area contributed by atoms with Crippen LogP contribution in [0.15, 0.2) is 0 Å². The fourth-order valence-corrected chi connectivity index (χ4v) is 1.08. The third kappa shape index (κ3) is 4.52. The molecule has 0 unspecified atom stereocenters. The molecular weight excluding hydrogens is 256 g/mol. The summed E-state index contributed by atoms with van der Waals surface area (Å²) >= 11 is 0. The summed E-state index contributed by atoms with van der Waals surface area (Å²) in [6, 6.07) is 0. The van der Waals surface area contributed by atoms with Crippen LogP contribution in [0.2, 0.25) is 0 Å². The fraction of sp³-hybridized carbons (Fsp3) is 0.750. The van der Waals surface area contributed by atoms with E-state index in [1.165, 1.54) is 0 Å². The molecule has 0 aromatic carbocycles. The zero-order valence-corrected chi connectivity index (χ0v) is 8.95. The van der Waals surface area contributed by atoms with Gasteiger partial charge in [0.15, 0.2) is 6.29 Å². The number of carboxylic acids is 2. The van der Waals surface area contributed by atoms with Crippen molar-refractivity contribution in [2.45, 2.75) is 30.7 Å². The van der Waals surface area contributed by atoms with Gasteiger partial charge in [-0.2, -0.15) is 0 Å². The molecule has 1 rings (SSSR count). The average Bonchev–Trinajstić information content (AvgIpc) is 2.31. The molecule has 1 heterocycles. The Balaban J connectivity index is 0.000000411. The molecule has 0 spiro atoms. The zero-order valence-electron chi connectivity index (χ0n) is 8.95. The molecule has 106 valence electrons. The van der Waals surface area contributed by atoms with Crippen molar-refractivity contribution >= 4 is 11.9 Å². The Morgan fingerprint density at radius 2 is 1.33 bits per heavy atom. The first-order chi connectivity index (χ1) is 8.22. The van der Waals surface area contributed by atoms with Crippen molar-refractivity contribution in [1.29, 1.82) is 0 Å². The Hall–Kier alpha value is -1.30. The van der Waals surface area contributed by atoms with Crippen LogP contribution in [0.25, 0.3) is 0 Å². The molecule has 0 aliphatic carbocycles. The standard InChI is InChI=1S/C6H12O6.C2H2O4/c7-1-2-3(8)4(9)5(10)6(11)12-2;3-1(4)2(5)6/h2-11H,1H2;(H,3,4)(H,5,6)/t2-,3+,4-,5+,6-;/m0./s1. The smallest absolute Gasteiger partial charge is 0.414 e. The highest BCUT2D eigenvalue weighted by atomic mass is 16.6. The number of ether oxygens (including phenoxy) is 1. The van der Waals surface area contributed by atoms with E-state index < -0.39 is 49.3 Å². The lowest BCUT2D eigenvalue weighted by Crippen LogP contribution is -2.58. The second-order valence-electron chi connectivity index (χ2n) is 3.33. The Morgan fingerprint density at radius 1 is 0.889 bits per heavy atom. The minimum atomic E-state index is -1.82. The molecule has 1 aliphatic heterocycles. The second kappa shape index (κ2) is 7.20. The Bertz CT molecular complexity index is 275. The summed E-state index contributed by atoms with van der Waals surface area (Å²) in [4.78, 5) is 18.2. The van der Waals surface area contributed by atoms with Crippen molar-refractivity contribution in [2.24, 2.45) is 0 Å². The largest absolute Gasteiger partial charge is 0.473 e. The van der Waals surface area contributed by atoms with Crippen LogP contribution in [0, 0.1) is 0 Å². The number of hydrogen-bond donors (Lipinski definition) is 7. The zero-order chi connectivity index (χ0) is 14.5. The van der Waals surface area contributed by atoms with E-state index >= 15 is 0 Å². The number of aliphatic hydroxyl groups is 5. The molecule has 10 nitrogen and oxygen atoms in total. The van der Waals surface area contributed by atoms with E-state index in [1.54, 1.807) is 0 Å². The SMILES string of the molecule is O=C(O)C(=O)O.OC[C@@H]1O[C@H](O)[C@H](O)[C@@H](O)[C@@H]1O. The summed E-state index contributed by atoms with van der Waals surface area (Å²) in [5.74, 6) is -3.65. The molecule has 1 fully saturated rings. The highest BCUT2D eigenvalue weighted by molar-refractivity contribution is 6.27. The molecular formula is C8H14O10. The Kier molecular flexibility index (Phi) is 6.68. The maximum absolute atomic E-state index is 9.12. The van der Waals surface area contributed by atoms with Crippen molar-refractivity contribution in [2.75, 3.05) is 6.61 Å². The fourth-order valence-electron chi connectivity index (χ4n) is 1.08. The molecule has 1 aliphatic rings. The van der Waals surface area contributed by atoms with Gasteiger partial charge in [-0.3, -0.25) is 0 Å². The van der Waals surface area contributed by atoms with Crippen LogP contribution in [-0.2, 0) is 14.3 Å². The summed E-state index contributed by atoms with van der Waals surface area (Å²) < 4.78 is 4.58. The molecule has 0 aromatic heterocycles. The van der Waals surface area contributed by atoms with Gasteiger partial charge in [-0.15, -0.1) is 0 Å². The first-order valence-electron chi connectivity index (χ1n) is 4.67. The summed E-state index contributed by atoms with van der Waals surface area (Å²) in [5.41, 5.74) is 0. The van der Waals surface area contributed by atoms with Crippen LogP contribution in [0.4, 0.5) is 0 Å². The van der Waals surface area contributed by atoms with Crippen LogP contribution in [0.5, 0.6) is 0 Å². The number of aliphatic carboxylic acids is 2. The van der Waals surface area contributed by atoms with Crippen molar-refractivity contribution < 1.29 is 50.1 Å². The lowest BCUT2D eigenvalue weighted by atomic mass is 10.00. The van der Waals surface area contributed by atoms with Crippen LogP contribution >= 0.6 is 0 Å². The van der Waals surface area contributed by atoms with Gasteiger partial charge in [0.1, 0.15) is 24.4 Å². The van der Waals surface area contributed by atoms with Crippen molar-refractivity contribution in [3.05, 3.63) is 0 Å². The first-order valence-corrected chi connectivity index (χ1v) is 4.67. The van der Waals surface area contributed by atoms with E-state index in [0.717, 1.165) is 0 Å². The quantitative estimate of drug-likeness (QED) is 0.231. The average molecular weight is 270 g/mol. The number of rotatable bonds is 1. The van der Waals surface area contributed by atoms with E-state index in [-0.39, 0.29) is 0 Å². The molecule has 1 saturated heterocycles. The first kappa shape index (κ1) is 16.7. The van der Waals surface area contributed by atoms with Gasteiger partial charge < -0.3 is 40.5 Å². The normalized spacial score (nSPS) is 35.3. The molecule has 10 heteroatoms. The van der Waals surface area contributed by atoms with E-state index in [9.17, 15) is 0 Å². The van der Waals surface area contributed by atoms with Crippen LogP contribution in [0.3, 0.4) is 0 Å². The van der Waals surface area contributed by atoms with Crippen molar-refractivity contribution in [1.82, 2.24) is 0 Å². The number of hydrogen-bond acceptors (Lipinski definition) is 8. The van der Waals surface area contributed by atoms with Gasteiger partial charge in [0.05, 0.1) is 6.61 Å². The summed E-state index contributed by atoms with van der Waals surface area (Å²) in [5, 5.41) is 59.4. The van der Waals surface area contributed by atoms with Gasteiger partial charge in [-0.05, 0) is 0 Å². The van der Waals surface area contributed by atoms with Gasteiger partial charge in [-0.1, -0.05) is 0 Å². The molecule has 0 saturated carbocycles. The maximum atomic E-state index is 9.12. The molecule has 7 N–H and O–H groups in total. The van der Waals surface area contributed by atoms with Gasteiger partial charge >= 0.3 is 11.9 Å². The number of carbonyl (C=O) groups is 2. The molecule has 0 radical (unpaired) electrons. The highest BCUT2D eigenvalue weighted by Gasteiger charge is 2.42. The van der Waals surface area contributed by atoms with Gasteiger partial charge in [0, 0.05) is 0 Å². The Labute approximate surface area is 100 Å². The maximum Gasteiger partial charge on any atom is 0.414 e. The van der Waals surface area contributed by atoms with Gasteiger partial charge in [0.25, 0.3) is 0 Å². The second-order valence-corrected chi connectivity index (χ2v) is 3.33. The summed E-state index contributed by atoms with van der Waals surface area (Å²) in [6.45, 7) is -0.526. The molecule has 0 bridgehead atoms. The molecule has 0 aromatic rings. The van der Waals surface area contributed by atoms with Crippen LogP contribution < -0.4 is 0 Å². The van der Waals surface area contributed by atoms with Gasteiger partial charge in [-0.25, -0.2) is 9.59 Å². The number of aliphatic hydroxyl groups excluding tert-OH is 5. The van der Waals surface area contributed by atoms with Crippen LogP contribution in [-0.4, -0.2) is 85.0 Å². The van der Waals surface area contributed by atoms with E-state index in [1.807, 2.05) is 0 Å². The van der Waals surface area contributed by atoms with E-state index in [2.05, 4.69) is 4.74 Å². The predicted molar refractivity (Wildman–Crippen MR) is 51.3 cm³/mol. The van der Waals surface area contributed by atoms with Crippen molar-refractivity contribution in [3.63, 3.8) is 0 Å². The summed E-state index contributed by atoms with van der Waals surface area (Å²) in [7, 11) is 0. The lowest BCUT2D eigenvalue weighted by molar-refractivity contribution is -0.286. The highest BCUT2D eigenvalue weighted by Crippen LogP contribution is 2.18. The third-order valence-electron chi connectivity index (χ3n) is 2.05. The van der Waals surface area contributed by atoms with Gasteiger partial charge in [0.2, 0.25) is 0 Å². The number of carboxylic acid groups (broad SMARTS) is 2. The van der Waals surface area contributed by atoms with Crippen molar-refractivity contribution in [3.8, 4) is 0 Å². The lowest BCUT2D eigenvalue weighted by Gasteiger charge is -2.37. The predicted octanol–water partition coefficient (Wildman–Crippen LogP) is -4.07.